The van der Waals surface area contributed by atoms with E-state index in [1.165, 1.54) is 19.1 Å². The van der Waals surface area contributed by atoms with Gasteiger partial charge in [0.25, 0.3) is 0 Å². The van der Waals surface area contributed by atoms with Crippen LogP contribution in [0.4, 0.5) is 0 Å². The van der Waals surface area contributed by atoms with Gasteiger partial charge in [-0.1, -0.05) is 0 Å². The van der Waals surface area contributed by atoms with E-state index < -0.39 is 0 Å². The van der Waals surface area contributed by atoms with Gasteiger partial charge in [-0.25, -0.2) is 4.98 Å². The normalized spacial score (nSPS) is 22.0. The predicted molar refractivity (Wildman–Crippen MR) is 46.6 cm³/mol. The summed E-state index contributed by atoms with van der Waals surface area (Å²) >= 11 is 0. The molecule has 70 valence electrons. The van der Waals surface area contributed by atoms with Crippen LogP contribution in [-0.2, 0) is 6.42 Å². The number of carbonyl (C=O) groups excluding carboxylic acids is 1. The molecular weight excluding hydrogens is 168 g/mol. The molecule has 0 amide bonds. The summed E-state index contributed by atoms with van der Waals surface area (Å²) in [6.07, 6.45) is 5.27. The summed E-state index contributed by atoms with van der Waals surface area (Å²) in [5.74, 6) is 0.654. The third-order valence-electron chi connectivity index (χ3n) is 2.27. The standard InChI is InChI=1S/C9H12N2O2/c12-5-8-6-13-9(11-8)4-7-2-1-3-10-7/h5-7,10H,1-4H2. The molecule has 1 saturated heterocycles. The van der Waals surface area contributed by atoms with E-state index in [9.17, 15) is 4.79 Å². The average molecular weight is 180 g/mol. The summed E-state index contributed by atoms with van der Waals surface area (Å²) in [6.45, 7) is 1.08. The number of aromatic nitrogens is 1. The number of hydrogen-bond donors (Lipinski definition) is 1. The van der Waals surface area contributed by atoms with Crippen molar-refractivity contribution in [1.82, 2.24) is 10.3 Å². The van der Waals surface area contributed by atoms with Crippen molar-refractivity contribution < 1.29 is 9.21 Å². The van der Waals surface area contributed by atoms with Gasteiger partial charge in [0.2, 0.25) is 0 Å². The maximum atomic E-state index is 10.3. The molecule has 1 aliphatic rings. The molecule has 4 heteroatoms. The zero-order valence-corrected chi connectivity index (χ0v) is 7.32. The molecule has 1 fully saturated rings. The molecule has 1 unspecified atom stereocenters. The van der Waals surface area contributed by atoms with Crippen molar-refractivity contribution in [3.05, 3.63) is 17.8 Å². The van der Waals surface area contributed by atoms with Crippen molar-refractivity contribution in [2.24, 2.45) is 0 Å². The molecule has 0 aromatic carbocycles. The molecule has 0 bridgehead atoms. The largest absolute Gasteiger partial charge is 0.448 e. The van der Waals surface area contributed by atoms with Crippen LogP contribution >= 0.6 is 0 Å². The summed E-state index contributed by atoms with van der Waals surface area (Å²) < 4.78 is 5.14. The topological polar surface area (TPSA) is 55.1 Å². The van der Waals surface area contributed by atoms with Crippen LogP contribution in [0, 0.1) is 0 Å². The predicted octanol–water partition coefficient (Wildman–Crippen LogP) is 0.782. The highest BCUT2D eigenvalue weighted by molar-refractivity contribution is 5.70. The minimum Gasteiger partial charge on any atom is -0.448 e. The number of hydrogen-bond acceptors (Lipinski definition) is 4. The van der Waals surface area contributed by atoms with E-state index in [2.05, 4.69) is 10.3 Å². The van der Waals surface area contributed by atoms with Gasteiger partial charge in [-0.3, -0.25) is 4.79 Å². The van der Waals surface area contributed by atoms with E-state index in [4.69, 9.17) is 4.42 Å². The lowest BCUT2D eigenvalue weighted by Gasteiger charge is -2.05. The number of aldehydes is 1. The molecule has 2 heterocycles. The lowest BCUT2D eigenvalue weighted by atomic mass is 10.2. The molecular formula is C9H12N2O2. The molecule has 1 aromatic heterocycles. The highest BCUT2D eigenvalue weighted by Gasteiger charge is 2.16. The quantitative estimate of drug-likeness (QED) is 0.698. The monoisotopic (exact) mass is 180 g/mol. The van der Waals surface area contributed by atoms with Crippen LogP contribution < -0.4 is 5.32 Å². The fourth-order valence-corrected chi connectivity index (χ4v) is 1.61. The highest BCUT2D eigenvalue weighted by Crippen LogP contribution is 2.11. The second kappa shape index (κ2) is 3.70. The smallest absolute Gasteiger partial charge is 0.196 e. The van der Waals surface area contributed by atoms with Gasteiger partial charge < -0.3 is 9.73 Å². The van der Waals surface area contributed by atoms with Crippen LogP contribution in [0.3, 0.4) is 0 Å². The highest BCUT2D eigenvalue weighted by atomic mass is 16.3. The van der Waals surface area contributed by atoms with Crippen molar-refractivity contribution in [3.8, 4) is 0 Å². The lowest BCUT2D eigenvalue weighted by molar-refractivity contribution is 0.111. The summed E-state index contributed by atoms with van der Waals surface area (Å²) in [7, 11) is 0. The Kier molecular flexibility index (Phi) is 2.40. The Labute approximate surface area is 76.3 Å². The van der Waals surface area contributed by atoms with E-state index >= 15 is 0 Å². The Bertz CT molecular complexity index is 290. The SMILES string of the molecule is O=Cc1coc(CC2CCCN2)n1. The zero-order valence-electron chi connectivity index (χ0n) is 7.32. The zero-order chi connectivity index (χ0) is 9.10. The van der Waals surface area contributed by atoms with Crippen LogP contribution in [0.2, 0.25) is 0 Å². The van der Waals surface area contributed by atoms with Crippen molar-refractivity contribution in [2.45, 2.75) is 25.3 Å². The first kappa shape index (κ1) is 8.44. The Morgan fingerprint density at radius 2 is 2.69 bits per heavy atom. The van der Waals surface area contributed by atoms with Crippen LogP contribution in [-0.4, -0.2) is 23.9 Å². The first-order valence-corrected chi connectivity index (χ1v) is 4.51. The van der Waals surface area contributed by atoms with Crippen molar-refractivity contribution in [3.63, 3.8) is 0 Å². The first-order chi connectivity index (χ1) is 6.38. The van der Waals surface area contributed by atoms with Crippen molar-refractivity contribution in [1.29, 1.82) is 0 Å². The third kappa shape index (κ3) is 1.95. The van der Waals surface area contributed by atoms with E-state index in [0.717, 1.165) is 13.0 Å². The molecule has 1 aliphatic heterocycles. The van der Waals surface area contributed by atoms with Crippen molar-refractivity contribution >= 4 is 6.29 Å². The fraction of sp³-hybridized carbons (Fsp3) is 0.556. The molecule has 0 radical (unpaired) electrons. The molecule has 1 aromatic rings. The van der Waals surface area contributed by atoms with Crippen LogP contribution in [0.15, 0.2) is 10.7 Å². The van der Waals surface area contributed by atoms with Crippen LogP contribution in [0.25, 0.3) is 0 Å². The molecule has 0 saturated carbocycles. The Balaban J connectivity index is 1.96. The second-order valence-electron chi connectivity index (χ2n) is 3.28. The van der Waals surface area contributed by atoms with Gasteiger partial charge in [-0.2, -0.15) is 0 Å². The Hall–Kier alpha value is -1.16. The van der Waals surface area contributed by atoms with Gasteiger partial charge in [-0.05, 0) is 19.4 Å². The molecule has 1 N–H and O–H groups in total. The summed E-state index contributed by atoms with van der Waals surface area (Å²) in [5.41, 5.74) is 0.382. The third-order valence-corrected chi connectivity index (χ3v) is 2.27. The fourth-order valence-electron chi connectivity index (χ4n) is 1.61. The molecule has 1 atom stereocenters. The van der Waals surface area contributed by atoms with Crippen LogP contribution in [0.5, 0.6) is 0 Å². The summed E-state index contributed by atoms with van der Waals surface area (Å²) in [5, 5.41) is 3.34. The maximum Gasteiger partial charge on any atom is 0.196 e. The molecule has 4 nitrogen and oxygen atoms in total. The van der Waals surface area contributed by atoms with Gasteiger partial charge in [0.05, 0.1) is 0 Å². The summed E-state index contributed by atoms with van der Waals surface area (Å²) in [4.78, 5) is 14.3. The van der Waals surface area contributed by atoms with Gasteiger partial charge in [-0.15, -0.1) is 0 Å². The van der Waals surface area contributed by atoms with Crippen molar-refractivity contribution in [2.75, 3.05) is 6.54 Å². The maximum absolute atomic E-state index is 10.3. The minimum absolute atomic E-state index is 0.382. The van der Waals surface area contributed by atoms with E-state index in [1.54, 1.807) is 0 Å². The molecule has 0 spiro atoms. The number of nitrogens with one attached hydrogen (secondary N) is 1. The van der Waals surface area contributed by atoms with E-state index in [1.807, 2.05) is 0 Å². The Morgan fingerprint density at radius 3 is 3.31 bits per heavy atom. The van der Waals surface area contributed by atoms with Gasteiger partial charge in [0, 0.05) is 12.5 Å². The lowest BCUT2D eigenvalue weighted by Crippen LogP contribution is -2.23. The Morgan fingerprint density at radius 1 is 1.77 bits per heavy atom. The van der Waals surface area contributed by atoms with Gasteiger partial charge >= 0.3 is 0 Å². The van der Waals surface area contributed by atoms with E-state index in [0.29, 0.717) is 23.9 Å². The average Bonchev–Trinajstić information content (AvgIpc) is 2.76. The first-order valence-electron chi connectivity index (χ1n) is 4.51. The van der Waals surface area contributed by atoms with Crippen LogP contribution in [0.1, 0.15) is 29.2 Å². The van der Waals surface area contributed by atoms with Gasteiger partial charge in [0.1, 0.15) is 12.0 Å². The molecule has 13 heavy (non-hydrogen) atoms. The number of rotatable bonds is 3. The molecule has 0 aliphatic carbocycles. The minimum atomic E-state index is 0.382. The number of carbonyl (C=O) groups is 1. The second-order valence-corrected chi connectivity index (χ2v) is 3.28. The summed E-state index contributed by atoms with van der Waals surface area (Å²) in [6, 6.07) is 0.471. The van der Waals surface area contributed by atoms with E-state index in [-0.39, 0.29) is 0 Å². The molecule has 2 rings (SSSR count). The number of nitrogens with zero attached hydrogens (tertiary/aromatic N) is 1. The van der Waals surface area contributed by atoms with Gasteiger partial charge in [0.15, 0.2) is 12.2 Å². The number of oxazole rings is 1.